The van der Waals surface area contributed by atoms with Crippen molar-refractivity contribution < 1.29 is 9.59 Å². The van der Waals surface area contributed by atoms with Gasteiger partial charge in [-0.15, -0.1) is 0 Å². The molecule has 2 amide bonds. The van der Waals surface area contributed by atoms with Gasteiger partial charge in [-0.3, -0.25) is 9.59 Å². The summed E-state index contributed by atoms with van der Waals surface area (Å²) >= 11 is 12.9. The van der Waals surface area contributed by atoms with Crippen molar-refractivity contribution in [1.29, 1.82) is 0 Å². The Kier molecular flexibility index (Phi) is 9.76. The zero-order valence-corrected chi connectivity index (χ0v) is 21.9. The highest BCUT2D eigenvalue weighted by Crippen LogP contribution is 2.27. The topological polar surface area (TPSA) is 49.4 Å². The molecule has 3 rings (SSSR count). The predicted molar refractivity (Wildman–Crippen MR) is 144 cm³/mol. The van der Waals surface area contributed by atoms with E-state index in [1.165, 1.54) is 5.56 Å². The Morgan fingerprint density at radius 2 is 1.49 bits per heavy atom. The van der Waals surface area contributed by atoms with E-state index in [2.05, 4.69) is 5.32 Å². The monoisotopic (exact) mass is 510 g/mol. The van der Waals surface area contributed by atoms with E-state index >= 15 is 0 Å². The second-order valence-corrected chi connectivity index (χ2v) is 9.89. The predicted octanol–water partition coefficient (Wildman–Crippen LogP) is 6.40. The summed E-state index contributed by atoms with van der Waals surface area (Å²) in [5.74, 6) is -0.322. The SMILES string of the molecule is Cc1ccc(CCC(=O)N(Cc2c(Cl)cccc2Cl)[C@H](Cc2ccccc2)C(=O)NC(C)C)cc1. The van der Waals surface area contributed by atoms with Crippen molar-refractivity contribution in [3.05, 3.63) is 105 Å². The van der Waals surface area contributed by atoms with Crippen LogP contribution in [0.1, 0.15) is 42.5 Å². The van der Waals surface area contributed by atoms with Gasteiger partial charge in [0.25, 0.3) is 0 Å². The van der Waals surface area contributed by atoms with Crippen LogP contribution in [0, 0.1) is 6.92 Å². The van der Waals surface area contributed by atoms with E-state index in [0.29, 0.717) is 28.5 Å². The molecule has 3 aromatic rings. The van der Waals surface area contributed by atoms with Crippen LogP contribution in [0.3, 0.4) is 0 Å². The van der Waals surface area contributed by atoms with Gasteiger partial charge in [0.1, 0.15) is 6.04 Å². The first-order valence-electron chi connectivity index (χ1n) is 11.9. The lowest BCUT2D eigenvalue weighted by atomic mass is 10.0. The molecule has 0 aliphatic heterocycles. The number of nitrogens with one attached hydrogen (secondary N) is 1. The Labute approximate surface area is 218 Å². The van der Waals surface area contributed by atoms with E-state index in [1.54, 1.807) is 23.1 Å². The summed E-state index contributed by atoms with van der Waals surface area (Å²) in [5, 5.41) is 3.93. The Bertz CT molecular complexity index is 1110. The fraction of sp³-hybridized carbons (Fsp3) is 0.310. The van der Waals surface area contributed by atoms with Crippen LogP contribution in [0.25, 0.3) is 0 Å². The molecule has 35 heavy (non-hydrogen) atoms. The Hall–Kier alpha value is -2.82. The summed E-state index contributed by atoms with van der Waals surface area (Å²) in [7, 11) is 0. The quantitative estimate of drug-likeness (QED) is 0.343. The number of rotatable bonds is 10. The van der Waals surface area contributed by atoms with Crippen molar-refractivity contribution in [3.63, 3.8) is 0 Å². The highest BCUT2D eigenvalue weighted by molar-refractivity contribution is 6.36. The average Bonchev–Trinajstić information content (AvgIpc) is 2.82. The van der Waals surface area contributed by atoms with Gasteiger partial charge in [0, 0.05) is 41.0 Å². The molecule has 0 unspecified atom stereocenters. The van der Waals surface area contributed by atoms with E-state index in [9.17, 15) is 9.59 Å². The molecule has 4 nitrogen and oxygen atoms in total. The number of nitrogens with zero attached hydrogens (tertiary/aromatic N) is 1. The number of aryl methyl sites for hydroxylation is 2. The third-order valence-electron chi connectivity index (χ3n) is 5.84. The lowest BCUT2D eigenvalue weighted by molar-refractivity contribution is -0.141. The number of carbonyl (C=O) groups is 2. The standard InChI is InChI=1S/C29H32Cl2N2O2/c1-20(2)32-29(35)27(18-23-8-5-4-6-9-23)33(19-24-25(30)10-7-11-26(24)31)28(34)17-16-22-14-12-21(3)13-15-22/h4-15,20,27H,16-19H2,1-3H3,(H,32,35)/t27-/m1/s1. The summed E-state index contributed by atoms with van der Waals surface area (Å²) in [6.07, 6.45) is 1.23. The van der Waals surface area contributed by atoms with Crippen LogP contribution in [0.5, 0.6) is 0 Å². The molecule has 1 atom stereocenters. The maximum Gasteiger partial charge on any atom is 0.243 e. The van der Waals surface area contributed by atoms with Crippen molar-refractivity contribution in [2.75, 3.05) is 0 Å². The average molecular weight is 511 g/mol. The van der Waals surface area contributed by atoms with Crippen molar-refractivity contribution in [2.24, 2.45) is 0 Å². The van der Waals surface area contributed by atoms with Crippen LogP contribution in [-0.4, -0.2) is 28.8 Å². The summed E-state index contributed by atoms with van der Waals surface area (Å²) < 4.78 is 0. The number of hydrogen-bond acceptors (Lipinski definition) is 2. The Morgan fingerprint density at radius 1 is 0.857 bits per heavy atom. The van der Waals surface area contributed by atoms with E-state index < -0.39 is 6.04 Å². The lowest BCUT2D eigenvalue weighted by Gasteiger charge is -2.32. The summed E-state index contributed by atoms with van der Waals surface area (Å²) in [4.78, 5) is 28.7. The Balaban J connectivity index is 1.95. The molecule has 0 fully saturated rings. The largest absolute Gasteiger partial charge is 0.352 e. The van der Waals surface area contributed by atoms with E-state index in [4.69, 9.17) is 23.2 Å². The van der Waals surface area contributed by atoms with Crippen LogP contribution in [0.2, 0.25) is 10.0 Å². The summed E-state index contributed by atoms with van der Waals surface area (Å²) in [6, 6.07) is 22.4. The van der Waals surface area contributed by atoms with Gasteiger partial charge in [-0.05, 0) is 50.5 Å². The third kappa shape index (κ3) is 7.84. The first-order chi connectivity index (χ1) is 16.7. The van der Waals surface area contributed by atoms with Crippen molar-refractivity contribution in [3.8, 4) is 0 Å². The minimum Gasteiger partial charge on any atom is -0.352 e. The molecule has 0 bridgehead atoms. The lowest BCUT2D eigenvalue weighted by Crippen LogP contribution is -2.51. The Morgan fingerprint density at radius 3 is 2.09 bits per heavy atom. The molecule has 0 saturated carbocycles. The summed E-state index contributed by atoms with van der Waals surface area (Å²) in [6.45, 7) is 6.00. The first-order valence-corrected chi connectivity index (χ1v) is 12.6. The van der Waals surface area contributed by atoms with Crippen LogP contribution in [0.15, 0.2) is 72.8 Å². The minimum absolute atomic E-state index is 0.0609. The number of hydrogen-bond donors (Lipinski definition) is 1. The molecule has 1 N–H and O–H groups in total. The maximum atomic E-state index is 13.7. The van der Waals surface area contributed by atoms with Crippen LogP contribution in [-0.2, 0) is 29.0 Å². The molecule has 0 heterocycles. The fourth-order valence-electron chi connectivity index (χ4n) is 3.94. The van der Waals surface area contributed by atoms with Gasteiger partial charge in [0.15, 0.2) is 0 Å². The molecule has 184 valence electrons. The normalized spacial score (nSPS) is 11.8. The van der Waals surface area contributed by atoms with Crippen molar-refractivity contribution in [1.82, 2.24) is 10.2 Å². The molecular weight excluding hydrogens is 479 g/mol. The fourth-order valence-corrected chi connectivity index (χ4v) is 4.45. The van der Waals surface area contributed by atoms with E-state index in [0.717, 1.165) is 11.1 Å². The smallest absolute Gasteiger partial charge is 0.243 e. The third-order valence-corrected chi connectivity index (χ3v) is 6.55. The highest BCUT2D eigenvalue weighted by atomic mass is 35.5. The molecule has 0 radical (unpaired) electrons. The van der Waals surface area contributed by atoms with Gasteiger partial charge in [0.05, 0.1) is 0 Å². The van der Waals surface area contributed by atoms with Gasteiger partial charge in [-0.1, -0.05) is 89.4 Å². The zero-order chi connectivity index (χ0) is 25.4. The molecular formula is C29H32Cl2N2O2. The van der Waals surface area contributed by atoms with E-state index in [-0.39, 0.29) is 30.8 Å². The molecule has 0 aromatic heterocycles. The van der Waals surface area contributed by atoms with Gasteiger partial charge in [-0.25, -0.2) is 0 Å². The molecule has 6 heteroatoms. The number of carbonyl (C=O) groups excluding carboxylic acids is 2. The number of halogens is 2. The summed E-state index contributed by atoms with van der Waals surface area (Å²) in [5.41, 5.74) is 3.85. The highest BCUT2D eigenvalue weighted by Gasteiger charge is 2.31. The second kappa shape index (κ2) is 12.8. The van der Waals surface area contributed by atoms with Crippen LogP contribution < -0.4 is 5.32 Å². The van der Waals surface area contributed by atoms with Crippen molar-refractivity contribution in [2.45, 2.75) is 58.7 Å². The maximum absolute atomic E-state index is 13.7. The first kappa shape index (κ1) is 26.8. The molecule has 3 aromatic carbocycles. The minimum atomic E-state index is -0.711. The number of benzene rings is 3. The zero-order valence-electron chi connectivity index (χ0n) is 20.4. The molecule has 0 saturated heterocycles. The van der Waals surface area contributed by atoms with Crippen LogP contribution >= 0.6 is 23.2 Å². The van der Waals surface area contributed by atoms with Crippen molar-refractivity contribution >= 4 is 35.0 Å². The van der Waals surface area contributed by atoms with Gasteiger partial charge in [0.2, 0.25) is 11.8 Å². The molecule has 0 spiro atoms. The van der Waals surface area contributed by atoms with Crippen LogP contribution in [0.4, 0.5) is 0 Å². The molecule has 0 aliphatic carbocycles. The van der Waals surface area contributed by atoms with Gasteiger partial charge in [-0.2, -0.15) is 0 Å². The van der Waals surface area contributed by atoms with E-state index in [1.807, 2.05) is 75.4 Å². The second-order valence-electron chi connectivity index (χ2n) is 9.08. The number of amides is 2. The van der Waals surface area contributed by atoms with Gasteiger partial charge < -0.3 is 10.2 Å². The van der Waals surface area contributed by atoms with Gasteiger partial charge >= 0.3 is 0 Å². The molecule has 0 aliphatic rings.